The second kappa shape index (κ2) is 7.97. The fourth-order valence-electron chi connectivity index (χ4n) is 3.43. The lowest BCUT2D eigenvalue weighted by molar-refractivity contribution is 0.101. The Morgan fingerprint density at radius 1 is 1.25 bits per heavy atom. The lowest BCUT2D eigenvalue weighted by atomic mass is 10.0. The molecule has 0 bridgehead atoms. The van der Waals surface area contributed by atoms with Gasteiger partial charge in [0.05, 0.1) is 4.90 Å². The Morgan fingerprint density at radius 2 is 1.96 bits per heavy atom. The van der Waals surface area contributed by atoms with Crippen LogP contribution in [-0.2, 0) is 17.9 Å². The van der Waals surface area contributed by atoms with E-state index in [1.54, 1.807) is 18.7 Å². The SMILES string of the molecule is C/N=S1\c2cn(C)c(C(=O)Nc3ccc(F)c(F)c3)c2C=CC(C(C)C)N1C. The molecule has 0 saturated carbocycles. The molecule has 2 atom stereocenters. The maximum atomic E-state index is 13.5. The van der Waals surface area contributed by atoms with Gasteiger partial charge in [0.15, 0.2) is 11.6 Å². The summed E-state index contributed by atoms with van der Waals surface area (Å²) in [4.78, 5) is 13.9. The highest BCUT2D eigenvalue weighted by Gasteiger charge is 2.29. The third-order valence-corrected chi connectivity index (χ3v) is 6.64. The van der Waals surface area contributed by atoms with Gasteiger partial charge in [0.2, 0.25) is 0 Å². The van der Waals surface area contributed by atoms with Crippen molar-refractivity contribution in [3.05, 3.63) is 53.4 Å². The Hall–Kier alpha value is -2.32. The maximum Gasteiger partial charge on any atom is 0.272 e. The number of nitrogens with zero attached hydrogens (tertiary/aromatic N) is 3. The summed E-state index contributed by atoms with van der Waals surface area (Å²) < 4.78 is 35.1. The van der Waals surface area contributed by atoms with E-state index in [2.05, 4.69) is 33.9 Å². The molecule has 0 radical (unpaired) electrons. The molecule has 0 aliphatic carbocycles. The van der Waals surface area contributed by atoms with Crippen LogP contribution < -0.4 is 5.32 Å². The second-order valence-electron chi connectivity index (χ2n) is 7.04. The average Bonchev–Trinajstić information content (AvgIpc) is 2.87. The van der Waals surface area contributed by atoms with Gasteiger partial charge in [-0.2, -0.15) is 0 Å². The highest BCUT2D eigenvalue weighted by atomic mass is 32.2. The number of rotatable bonds is 3. The van der Waals surface area contributed by atoms with E-state index < -0.39 is 22.5 Å². The molecule has 1 aliphatic heterocycles. The average molecular weight is 407 g/mol. The summed E-state index contributed by atoms with van der Waals surface area (Å²) in [5.74, 6) is -1.96. The number of nitrogens with one attached hydrogen (secondary N) is 1. The number of carbonyl (C=O) groups is 1. The van der Waals surface area contributed by atoms with Crippen LogP contribution in [0.1, 0.15) is 29.9 Å². The molecule has 1 aromatic carbocycles. The van der Waals surface area contributed by atoms with Gasteiger partial charge in [-0.1, -0.05) is 26.0 Å². The largest absolute Gasteiger partial charge is 0.345 e. The van der Waals surface area contributed by atoms with Gasteiger partial charge in [-0.3, -0.25) is 4.79 Å². The summed E-state index contributed by atoms with van der Waals surface area (Å²) >= 11 is 0. The maximum absolute atomic E-state index is 13.5. The van der Waals surface area contributed by atoms with Gasteiger partial charge in [0.25, 0.3) is 5.91 Å². The third-order valence-electron chi connectivity index (χ3n) is 4.78. The molecule has 2 heterocycles. The monoisotopic (exact) mass is 406 g/mol. The molecule has 0 saturated heterocycles. The molecule has 0 spiro atoms. The van der Waals surface area contributed by atoms with E-state index in [0.29, 0.717) is 11.6 Å². The van der Waals surface area contributed by atoms with E-state index >= 15 is 0 Å². The Balaban J connectivity index is 2.03. The van der Waals surface area contributed by atoms with Gasteiger partial charge in [-0.25, -0.2) is 17.4 Å². The van der Waals surface area contributed by atoms with Crippen LogP contribution in [0.3, 0.4) is 0 Å². The van der Waals surface area contributed by atoms with Gasteiger partial charge < -0.3 is 9.88 Å². The van der Waals surface area contributed by atoms with E-state index in [0.717, 1.165) is 22.6 Å². The Bertz CT molecular complexity index is 981. The molecule has 1 aliphatic rings. The van der Waals surface area contributed by atoms with Gasteiger partial charge in [0.1, 0.15) is 5.69 Å². The summed E-state index contributed by atoms with van der Waals surface area (Å²) in [6.45, 7) is 4.30. The molecule has 28 heavy (non-hydrogen) atoms. The molecule has 3 rings (SSSR count). The van der Waals surface area contributed by atoms with Crippen LogP contribution in [0.5, 0.6) is 0 Å². The minimum Gasteiger partial charge on any atom is -0.345 e. The minimum absolute atomic E-state index is 0.187. The summed E-state index contributed by atoms with van der Waals surface area (Å²) in [6.07, 6.45) is 5.97. The predicted octanol–water partition coefficient (Wildman–Crippen LogP) is 4.24. The first-order valence-electron chi connectivity index (χ1n) is 8.95. The van der Waals surface area contributed by atoms with Crippen LogP contribution in [0.2, 0.25) is 0 Å². The van der Waals surface area contributed by atoms with Gasteiger partial charge in [-0.15, -0.1) is 0 Å². The quantitative estimate of drug-likeness (QED) is 0.829. The zero-order valence-corrected chi connectivity index (χ0v) is 17.3. The number of aryl methyl sites for hydroxylation is 1. The predicted molar refractivity (Wildman–Crippen MR) is 109 cm³/mol. The lowest BCUT2D eigenvalue weighted by Crippen LogP contribution is -2.34. The summed E-state index contributed by atoms with van der Waals surface area (Å²) in [7, 11) is 5.09. The highest BCUT2D eigenvalue weighted by molar-refractivity contribution is 7.85. The van der Waals surface area contributed by atoms with E-state index in [1.807, 2.05) is 19.3 Å². The molecule has 2 aromatic rings. The van der Waals surface area contributed by atoms with E-state index in [1.165, 1.54) is 6.07 Å². The normalized spacial score (nSPS) is 19.7. The number of halogens is 2. The smallest absolute Gasteiger partial charge is 0.272 e. The molecule has 8 heteroatoms. The fourth-order valence-corrected chi connectivity index (χ4v) is 5.35. The highest BCUT2D eigenvalue weighted by Crippen LogP contribution is 2.31. The second-order valence-corrected chi connectivity index (χ2v) is 8.95. The standard InChI is InChI=1S/C20H24F2N4OS/c1-12(2)17-9-7-14-18(28(23-3)26(17)5)11-25(4)19(14)20(27)24-13-6-8-15(21)16(22)10-13/h6-12,17H,1-5H3,(H,24,27). The van der Waals surface area contributed by atoms with Crippen molar-refractivity contribution in [3.8, 4) is 0 Å². The minimum atomic E-state index is -1.00. The zero-order chi connectivity index (χ0) is 20.6. The molecule has 5 nitrogen and oxygen atoms in total. The molecule has 150 valence electrons. The first kappa shape index (κ1) is 20.4. The summed E-state index contributed by atoms with van der Waals surface area (Å²) in [6, 6.07) is 3.49. The number of fused-ring (bicyclic) bond motifs is 1. The molecule has 1 N–H and O–H groups in total. The van der Waals surface area contributed by atoms with E-state index in [4.69, 9.17) is 0 Å². The molecule has 2 unspecified atom stereocenters. The number of benzene rings is 1. The Labute approximate surface area is 166 Å². The number of hydrogen-bond acceptors (Lipinski definition) is 2. The van der Waals surface area contributed by atoms with Gasteiger partial charge >= 0.3 is 0 Å². The van der Waals surface area contributed by atoms with Crippen LogP contribution in [0.15, 0.2) is 39.7 Å². The lowest BCUT2D eigenvalue weighted by Gasteiger charge is -2.28. The Kier molecular flexibility index (Phi) is 5.81. The van der Waals surface area contributed by atoms with Crippen LogP contribution >= 0.6 is 0 Å². The molecular weight excluding hydrogens is 382 g/mol. The van der Waals surface area contributed by atoms with Crippen molar-refractivity contribution < 1.29 is 13.6 Å². The van der Waals surface area contributed by atoms with Gasteiger partial charge in [-0.05, 0) is 25.1 Å². The topological polar surface area (TPSA) is 49.6 Å². The van der Waals surface area contributed by atoms with Crippen molar-refractivity contribution in [3.63, 3.8) is 0 Å². The first-order valence-corrected chi connectivity index (χ1v) is 10.1. The van der Waals surface area contributed by atoms with Crippen LogP contribution in [0.4, 0.5) is 14.5 Å². The van der Waals surface area contributed by atoms with Crippen molar-refractivity contribution >= 4 is 28.5 Å². The number of anilines is 1. The van der Waals surface area contributed by atoms with Crippen molar-refractivity contribution in [1.82, 2.24) is 8.87 Å². The number of likely N-dealkylation sites (N-methyl/N-ethyl adjacent to an activating group) is 1. The van der Waals surface area contributed by atoms with Crippen molar-refractivity contribution in [2.75, 3.05) is 19.4 Å². The number of aromatic nitrogens is 1. The summed E-state index contributed by atoms with van der Waals surface area (Å²) in [5, 5.41) is 2.66. The van der Waals surface area contributed by atoms with Crippen molar-refractivity contribution in [1.29, 1.82) is 0 Å². The number of carbonyl (C=O) groups excluding carboxylic acids is 1. The molecular formula is C20H24F2N4OS. The van der Waals surface area contributed by atoms with Crippen LogP contribution in [0, 0.1) is 17.6 Å². The van der Waals surface area contributed by atoms with Gasteiger partial charge in [0, 0.05) is 54.5 Å². The van der Waals surface area contributed by atoms with Crippen molar-refractivity contribution in [2.24, 2.45) is 17.3 Å². The van der Waals surface area contributed by atoms with Crippen LogP contribution in [-0.4, -0.2) is 34.9 Å². The van der Waals surface area contributed by atoms with Crippen LogP contribution in [0.25, 0.3) is 6.08 Å². The molecule has 1 aromatic heterocycles. The molecule has 1 amide bonds. The van der Waals surface area contributed by atoms with E-state index in [9.17, 15) is 13.6 Å². The zero-order valence-electron chi connectivity index (χ0n) is 16.5. The Morgan fingerprint density at radius 3 is 2.57 bits per heavy atom. The third kappa shape index (κ3) is 3.66. The fraction of sp³-hybridized carbons (Fsp3) is 0.350. The van der Waals surface area contributed by atoms with Crippen molar-refractivity contribution in [2.45, 2.75) is 24.8 Å². The first-order chi connectivity index (χ1) is 13.2. The number of hydrogen-bond donors (Lipinski definition) is 1. The van der Waals surface area contributed by atoms with E-state index in [-0.39, 0.29) is 17.6 Å². The molecule has 0 fully saturated rings. The summed E-state index contributed by atoms with van der Waals surface area (Å²) in [5.41, 5.74) is 1.45. The number of amides is 1.